The molecule has 36 heavy (non-hydrogen) atoms. The summed E-state index contributed by atoms with van der Waals surface area (Å²) in [5.74, 6) is -1.23. The van der Waals surface area contributed by atoms with Gasteiger partial charge in [-0.2, -0.15) is 0 Å². The third-order valence-corrected chi connectivity index (χ3v) is 6.94. The molecule has 2 aromatic carbocycles. The first-order chi connectivity index (χ1) is 17.2. The van der Waals surface area contributed by atoms with Crippen molar-refractivity contribution in [3.05, 3.63) is 74.7 Å². The van der Waals surface area contributed by atoms with E-state index in [4.69, 9.17) is 16.3 Å². The average molecular weight is 531 g/mol. The zero-order valence-corrected chi connectivity index (χ0v) is 21.4. The molecule has 8 nitrogen and oxygen atoms in total. The van der Waals surface area contributed by atoms with Crippen molar-refractivity contribution in [2.75, 3.05) is 38.1 Å². The number of carbonyl (C=O) groups excluding carboxylic acids is 3. The Balaban J connectivity index is 1.45. The highest BCUT2D eigenvalue weighted by Gasteiger charge is 2.29. The van der Waals surface area contributed by atoms with Gasteiger partial charge in [-0.25, -0.2) is 4.39 Å². The fraction of sp³-hybridized carbons (Fsp3) is 0.240. The van der Waals surface area contributed by atoms with Gasteiger partial charge < -0.3 is 20.3 Å². The zero-order valence-electron chi connectivity index (χ0n) is 19.8. The standard InChI is InChI=1S/C25H24ClFN4O4S/c1-28-18-12-19-16(11-17(18)27)24(33)31(13-35-19)15-6-4-14(5-7-15)10-22(32)29-23(25(34)30(2)3)20-8-9-21(26)36-20/h4-9,11-12,23,28H,10,13H2,1-3H3,(H,29,32). The lowest BCUT2D eigenvalue weighted by atomic mass is 10.1. The van der Waals surface area contributed by atoms with E-state index in [1.54, 1.807) is 57.5 Å². The van der Waals surface area contributed by atoms with Crippen LogP contribution in [0.2, 0.25) is 4.34 Å². The summed E-state index contributed by atoms with van der Waals surface area (Å²) in [6.07, 6.45) is 0.0296. The van der Waals surface area contributed by atoms with Gasteiger partial charge in [0.05, 0.1) is 22.0 Å². The number of hydrogen-bond acceptors (Lipinski definition) is 6. The smallest absolute Gasteiger partial charge is 0.264 e. The summed E-state index contributed by atoms with van der Waals surface area (Å²) in [4.78, 5) is 41.8. The van der Waals surface area contributed by atoms with Crippen LogP contribution in [0.3, 0.4) is 0 Å². The van der Waals surface area contributed by atoms with Crippen LogP contribution in [0.15, 0.2) is 48.5 Å². The summed E-state index contributed by atoms with van der Waals surface area (Å²) in [5.41, 5.74) is 1.61. The Morgan fingerprint density at radius 2 is 1.92 bits per heavy atom. The molecular formula is C25H24ClFN4O4S. The predicted octanol–water partition coefficient (Wildman–Crippen LogP) is 4.07. The number of thiophene rings is 1. The Hall–Kier alpha value is -3.63. The molecule has 1 aliphatic rings. The van der Waals surface area contributed by atoms with E-state index in [0.29, 0.717) is 26.2 Å². The van der Waals surface area contributed by atoms with Crippen molar-refractivity contribution in [3.63, 3.8) is 0 Å². The molecule has 1 unspecified atom stereocenters. The number of fused-ring (bicyclic) bond motifs is 1. The average Bonchev–Trinajstić information content (AvgIpc) is 3.29. The number of ether oxygens (including phenoxy) is 1. The minimum Gasteiger partial charge on any atom is -0.472 e. The van der Waals surface area contributed by atoms with Crippen molar-refractivity contribution in [1.29, 1.82) is 0 Å². The van der Waals surface area contributed by atoms with E-state index in [9.17, 15) is 18.8 Å². The maximum absolute atomic E-state index is 14.2. The number of anilines is 2. The molecule has 0 fully saturated rings. The van der Waals surface area contributed by atoms with E-state index >= 15 is 0 Å². The molecule has 0 bridgehead atoms. The number of carbonyl (C=O) groups is 3. The minimum absolute atomic E-state index is 0.0296. The number of amides is 3. The van der Waals surface area contributed by atoms with Crippen LogP contribution < -0.4 is 20.3 Å². The van der Waals surface area contributed by atoms with E-state index in [0.717, 1.165) is 6.07 Å². The molecule has 3 aromatic rings. The molecule has 0 radical (unpaired) electrons. The summed E-state index contributed by atoms with van der Waals surface area (Å²) < 4.78 is 20.4. The quantitative estimate of drug-likeness (QED) is 0.480. The van der Waals surface area contributed by atoms with E-state index in [-0.39, 0.29) is 42.1 Å². The van der Waals surface area contributed by atoms with Crippen LogP contribution in [-0.4, -0.2) is 50.5 Å². The van der Waals surface area contributed by atoms with Gasteiger partial charge in [0.2, 0.25) is 11.8 Å². The van der Waals surface area contributed by atoms with Gasteiger partial charge in [0.15, 0.2) is 6.73 Å². The molecule has 1 aliphatic heterocycles. The molecule has 2 N–H and O–H groups in total. The van der Waals surface area contributed by atoms with Crippen LogP contribution in [-0.2, 0) is 16.0 Å². The van der Waals surface area contributed by atoms with Gasteiger partial charge in [-0.1, -0.05) is 23.7 Å². The second-order valence-corrected chi connectivity index (χ2v) is 10.0. The summed E-state index contributed by atoms with van der Waals surface area (Å²) >= 11 is 7.25. The first-order valence-corrected chi connectivity index (χ1v) is 12.2. The SMILES string of the molecule is CNc1cc2c(cc1F)C(=O)N(c1ccc(CC(=O)NC(C(=O)N(C)C)c3ccc(Cl)s3)cc1)CO2. The molecule has 3 amide bonds. The van der Waals surface area contributed by atoms with Gasteiger partial charge in [-0.3, -0.25) is 19.3 Å². The monoisotopic (exact) mass is 530 g/mol. The molecule has 1 atom stereocenters. The Labute approximate surface area is 216 Å². The number of benzene rings is 2. The van der Waals surface area contributed by atoms with Gasteiger partial charge in [-0.15, -0.1) is 11.3 Å². The van der Waals surface area contributed by atoms with Crippen LogP contribution in [0, 0.1) is 5.82 Å². The molecule has 2 heterocycles. The van der Waals surface area contributed by atoms with Gasteiger partial charge in [0.1, 0.15) is 17.6 Å². The number of nitrogens with one attached hydrogen (secondary N) is 2. The summed E-state index contributed by atoms with van der Waals surface area (Å²) in [5, 5.41) is 5.50. The molecule has 0 saturated carbocycles. The number of nitrogens with zero attached hydrogens (tertiary/aromatic N) is 2. The third-order valence-electron chi connectivity index (χ3n) is 5.65. The molecule has 1 aromatic heterocycles. The van der Waals surface area contributed by atoms with Crippen molar-refractivity contribution >= 4 is 52.0 Å². The lowest BCUT2D eigenvalue weighted by Crippen LogP contribution is -2.40. The summed E-state index contributed by atoms with van der Waals surface area (Å²) in [7, 11) is 4.82. The Morgan fingerprint density at radius 1 is 1.19 bits per heavy atom. The van der Waals surface area contributed by atoms with Crippen molar-refractivity contribution < 1.29 is 23.5 Å². The number of hydrogen-bond donors (Lipinski definition) is 2. The van der Waals surface area contributed by atoms with E-state index < -0.39 is 11.9 Å². The molecule has 0 saturated heterocycles. The Morgan fingerprint density at radius 3 is 2.53 bits per heavy atom. The zero-order chi connectivity index (χ0) is 26.0. The van der Waals surface area contributed by atoms with Gasteiger partial charge in [0, 0.05) is 37.8 Å². The van der Waals surface area contributed by atoms with E-state index in [2.05, 4.69) is 10.6 Å². The third kappa shape index (κ3) is 5.29. The van der Waals surface area contributed by atoms with Gasteiger partial charge in [0.25, 0.3) is 5.91 Å². The first kappa shape index (κ1) is 25.5. The Bertz CT molecular complexity index is 1310. The predicted molar refractivity (Wildman–Crippen MR) is 137 cm³/mol. The number of rotatable bonds is 7. The normalized spacial score (nSPS) is 13.5. The van der Waals surface area contributed by atoms with Crippen LogP contribution in [0.5, 0.6) is 5.75 Å². The topological polar surface area (TPSA) is 91.0 Å². The molecule has 188 valence electrons. The van der Waals surface area contributed by atoms with Gasteiger partial charge >= 0.3 is 0 Å². The summed E-state index contributed by atoms with van der Waals surface area (Å²) in [6, 6.07) is 12.0. The van der Waals surface area contributed by atoms with E-state index in [1.807, 2.05) is 0 Å². The number of likely N-dealkylation sites (N-methyl/N-ethyl adjacent to an activating group) is 1. The minimum atomic E-state index is -0.837. The fourth-order valence-electron chi connectivity index (χ4n) is 3.75. The van der Waals surface area contributed by atoms with Crippen molar-refractivity contribution in [1.82, 2.24) is 10.2 Å². The maximum Gasteiger partial charge on any atom is 0.264 e. The molecule has 0 spiro atoms. The van der Waals surface area contributed by atoms with Crippen LogP contribution >= 0.6 is 22.9 Å². The molecule has 4 rings (SSSR count). The van der Waals surface area contributed by atoms with Crippen molar-refractivity contribution in [3.8, 4) is 5.75 Å². The largest absolute Gasteiger partial charge is 0.472 e. The van der Waals surface area contributed by atoms with Crippen LogP contribution in [0.4, 0.5) is 15.8 Å². The molecular weight excluding hydrogens is 507 g/mol. The summed E-state index contributed by atoms with van der Waals surface area (Å²) in [6.45, 7) is -0.0296. The Kier molecular flexibility index (Phi) is 7.46. The van der Waals surface area contributed by atoms with Crippen molar-refractivity contribution in [2.24, 2.45) is 0 Å². The van der Waals surface area contributed by atoms with E-state index in [1.165, 1.54) is 27.2 Å². The fourth-order valence-corrected chi connectivity index (χ4v) is 4.85. The van der Waals surface area contributed by atoms with Crippen LogP contribution in [0.1, 0.15) is 26.8 Å². The highest BCUT2D eigenvalue weighted by Crippen LogP contribution is 2.33. The maximum atomic E-state index is 14.2. The van der Waals surface area contributed by atoms with Gasteiger partial charge in [-0.05, 0) is 35.9 Å². The highest BCUT2D eigenvalue weighted by molar-refractivity contribution is 7.16. The lowest BCUT2D eigenvalue weighted by Gasteiger charge is -2.29. The van der Waals surface area contributed by atoms with Crippen molar-refractivity contribution in [2.45, 2.75) is 12.5 Å². The molecule has 11 heteroatoms. The second kappa shape index (κ2) is 10.5. The first-order valence-electron chi connectivity index (χ1n) is 11.0. The lowest BCUT2D eigenvalue weighted by molar-refractivity contribution is -0.134. The van der Waals surface area contributed by atoms with Crippen LogP contribution in [0.25, 0.3) is 0 Å². The highest BCUT2D eigenvalue weighted by atomic mass is 35.5. The second-order valence-electron chi connectivity index (χ2n) is 8.30. The molecule has 0 aliphatic carbocycles. The number of halogens is 2.